The second kappa shape index (κ2) is 2.95. The predicted octanol–water partition coefficient (Wildman–Crippen LogP) is -1.82. The van der Waals surface area contributed by atoms with E-state index in [9.17, 15) is 18.0 Å². The Bertz CT molecular complexity index is 471. The number of aliphatic hydroxyl groups excluding tert-OH is 1. The van der Waals surface area contributed by atoms with E-state index in [0.29, 0.717) is 0 Å². The van der Waals surface area contributed by atoms with Crippen molar-refractivity contribution in [2.24, 2.45) is 0 Å². The number of fused-ring (bicyclic) bond motifs is 1. The molecule has 2 heterocycles. The van der Waals surface area contributed by atoms with Gasteiger partial charge in [-0.3, -0.25) is 4.79 Å². The average molecular weight is 249 g/mol. The topological polar surface area (TPSA) is 112 Å². The van der Waals surface area contributed by atoms with Gasteiger partial charge < -0.3 is 15.1 Å². The Morgan fingerprint density at radius 2 is 2.19 bits per heavy atom. The number of carbonyl (C=O) groups is 2. The zero-order valence-corrected chi connectivity index (χ0v) is 9.27. The summed E-state index contributed by atoms with van der Waals surface area (Å²) in [4.78, 5) is 23.1. The van der Waals surface area contributed by atoms with Crippen LogP contribution in [0.5, 0.6) is 0 Å². The first-order chi connectivity index (χ1) is 7.27. The molecule has 3 atom stereocenters. The Kier molecular flexibility index (Phi) is 2.09. The molecule has 1 unspecified atom stereocenters. The minimum atomic E-state index is -3.83. The summed E-state index contributed by atoms with van der Waals surface area (Å²) in [6, 6.07) is -1.49. The highest BCUT2D eigenvalue weighted by molar-refractivity contribution is 7.93. The molecule has 0 spiro atoms. The molecule has 2 N–H and O–H groups in total. The van der Waals surface area contributed by atoms with E-state index >= 15 is 0 Å². The van der Waals surface area contributed by atoms with Gasteiger partial charge >= 0.3 is 5.97 Å². The van der Waals surface area contributed by atoms with Gasteiger partial charge in [-0.1, -0.05) is 0 Å². The highest BCUT2D eigenvalue weighted by atomic mass is 32.2. The Balaban J connectivity index is 2.59. The first kappa shape index (κ1) is 11.3. The van der Waals surface area contributed by atoms with Crippen molar-refractivity contribution in [1.82, 2.24) is 4.90 Å². The van der Waals surface area contributed by atoms with Crippen LogP contribution < -0.4 is 0 Å². The van der Waals surface area contributed by atoms with E-state index in [-0.39, 0.29) is 6.42 Å². The van der Waals surface area contributed by atoms with Gasteiger partial charge in [0.15, 0.2) is 15.9 Å². The van der Waals surface area contributed by atoms with Gasteiger partial charge in [-0.15, -0.1) is 0 Å². The molecular weight excluding hydrogens is 238 g/mol. The van der Waals surface area contributed by atoms with Crippen LogP contribution in [-0.2, 0) is 19.4 Å². The van der Waals surface area contributed by atoms with Crippen LogP contribution in [0.15, 0.2) is 0 Å². The molecule has 2 rings (SSSR count). The maximum Gasteiger partial charge on any atom is 0.328 e. The summed E-state index contributed by atoms with van der Waals surface area (Å²) in [7, 11) is -3.83. The van der Waals surface area contributed by atoms with Crippen LogP contribution in [0.2, 0.25) is 0 Å². The fourth-order valence-corrected chi connectivity index (χ4v) is 4.52. The molecule has 0 aromatic rings. The van der Waals surface area contributed by atoms with Gasteiger partial charge in [0.1, 0.15) is 10.1 Å². The minimum Gasteiger partial charge on any atom is -0.480 e. The number of carbonyl (C=O) groups excluding carboxylic acids is 1. The number of rotatable bonds is 2. The fourth-order valence-electron chi connectivity index (χ4n) is 2.29. The molecule has 0 aromatic carbocycles. The molecule has 8 heteroatoms. The van der Waals surface area contributed by atoms with Crippen molar-refractivity contribution in [2.75, 3.05) is 6.61 Å². The van der Waals surface area contributed by atoms with Gasteiger partial charge in [0, 0.05) is 0 Å². The third kappa shape index (κ3) is 0.983. The van der Waals surface area contributed by atoms with E-state index in [1.807, 2.05) is 0 Å². The molecule has 0 aliphatic carbocycles. The lowest BCUT2D eigenvalue weighted by atomic mass is 9.97. The number of aliphatic hydroxyl groups is 1. The fraction of sp³-hybridized carbons (Fsp3) is 0.750. The number of β-lactam (4-membered cyclic amide) rings is 1. The molecule has 2 fully saturated rings. The SMILES string of the molecule is C[C@]1(CO)[C@H](C(=O)O)N2C(=O)CC2S1(=O)=O. The van der Waals surface area contributed by atoms with E-state index in [1.54, 1.807) is 0 Å². The first-order valence-corrected chi connectivity index (χ1v) is 6.20. The summed E-state index contributed by atoms with van der Waals surface area (Å²) in [6.45, 7) is 0.347. The molecule has 2 aliphatic heterocycles. The lowest BCUT2D eigenvalue weighted by molar-refractivity contribution is -0.157. The summed E-state index contributed by atoms with van der Waals surface area (Å²) in [6.07, 6.45) is -0.193. The van der Waals surface area contributed by atoms with Crippen molar-refractivity contribution in [2.45, 2.75) is 29.5 Å². The third-order valence-electron chi connectivity index (χ3n) is 3.36. The van der Waals surface area contributed by atoms with Crippen LogP contribution in [0.3, 0.4) is 0 Å². The molecule has 0 radical (unpaired) electrons. The van der Waals surface area contributed by atoms with Crippen LogP contribution >= 0.6 is 0 Å². The Hall–Kier alpha value is -1.15. The number of nitrogens with zero attached hydrogens (tertiary/aromatic N) is 1. The standard InChI is InChI=1S/C8H11NO6S/c1-8(3-10)6(7(12)13)9-4(11)2-5(9)16(8,14)15/h5-6,10H,2-3H2,1H3,(H,12,13)/t5?,6-,8-/m0/s1. The van der Waals surface area contributed by atoms with Crippen molar-refractivity contribution in [3.8, 4) is 0 Å². The van der Waals surface area contributed by atoms with E-state index in [4.69, 9.17) is 10.2 Å². The zero-order valence-electron chi connectivity index (χ0n) is 8.45. The van der Waals surface area contributed by atoms with Crippen molar-refractivity contribution >= 4 is 21.7 Å². The lowest BCUT2D eigenvalue weighted by Gasteiger charge is -2.35. The van der Waals surface area contributed by atoms with Crippen molar-refractivity contribution in [3.05, 3.63) is 0 Å². The normalized spacial score (nSPS) is 40.4. The van der Waals surface area contributed by atoms with Crippen molar-refractivity contribution < 1.29 is 28.2 Å². The summed E-state index contributed by atoms with van der Waals surface area (Å²) < 4.78 is 22.1. The smallest absolute Gasteiger partial charge is 0.328 e. The summed E-state index contributed by atoms with van der Waals surface area (Å²) in [5.74, 6) is -1.91. The van der Waals surface area contributed by atoms with Crippen LogP contribution in [0, 0.1) is 0 Å². The Morgan fingerprint density at radius 1 is 1.62 bits per heavy atom. The molecule has 2 saturated heterocycles. The molecular formula is C8H11NO6S. The molecule has 0 aromatic heterocycles. The first-order valence-electron chi connectivity index (χ1n) is 4.65. The number of hydrogen-bond donors (Lipinski definition) is 2. The molecule has 7 nitrogen and oxygen atoms in total. The summed E-state index contributed by atoms with van der Waals surface area (Å²) in [5.41, 5.74) is 0. The second-order valence-electron chi connectivity index (χ2n) is 4.22. The zero-order chi connectivity index (χ0) is 12.3. The van der Waals surface area contributed by atoms with Crippen LogP contribution in [-0.4, -0.2) is 58.2 Å². The minimum absolute atomic E-state index is 0.193. The van der Waals surface area contributed by atoms with Crippen LogP contribution in [0.4, 0.5) is 0 Å². The molecule has 2 aliphatic rings. The largest absolute Gasteiger partial charge is 0.480 e. The molecule has 1 amide bonds. The van der Waals surface area contributed by atoms with Gasteiger partial charge in [-0.2, -0.15) is 0 Å². The molecule has 0 bridgehead atoms. The molecule has 0 saturated carbocycles. The van der Waals surface area contributed by atoms with Gasteiger partial charge in [0.2, 0.25) is 5.91 Å². The maximum absolute atomic E-state index is 12.0. The van der Waals surface area contributed by atoms with Crippen LogP contribution in [0.25, 0.3) is 0 Å². The number of sulfone groups is 1. The van der Waals surface area contributed by atoms with E-state index < -0.39 is 44.5 Å². The summed E-state index contributed by atoms with van der Waals surface area (Å²) >= 11 is 0. The summed E-state index contributed by atoms with van der Waals surface area (Å²) in [5, 5.41) is 17.0. The highest BCUT2D eigenvalue weighted by Crippen LogP contribution is 2.45. The Morgan fingerprint density at radius 3 is 2.56 bits per heavy atom. The quantitative estimate of drug-likeness (QED) is 0.557. The number of aliphatic carboxylic acids is 1. The van der Waals surface area contributed by atoms with Gasteiger partial charge in [0.25, 0.3) is 0 Å². The molecule has 16 heavy (non-hydrogen) atoms. The van der Waals surface area contributed by atoms with E-state index in [1.165, 1.54) is 0 Å². The molecule has 90 valence electrons. The number of carboxylic acid groups (broad SMARTS) is 1. The number of amides is 1. The number of carboxylic acids is 1. The number of hydrogen-bond acceptors (Lipinski definition) is 5. The van der Waals surface area contributed by atoms with Gasteiger partial charge in [0.05, 0.1) is 13.0 Å². The Labute approximate surface area is 91.6 Å². The van der Waals surface area contributed by atoms with Crippen molar-refractivity contribution in [3.63, 3.8) is 0 Å². The monoisotopic (exact) mass is 249 g/mol. The van der Waals surface area contributed by atoms with Gasteiger partial charge in [-0.25, -0.2) is 13.2 Å². The highest BCUT2D eigenvalue weighted by Gasteiger charge is 2.69. The maximum atomic E-state index is 12.0. The second-order valence-corrected chi connectivity index (χ2v) is 6.78. The van der Waals surface area contributed by atoms with Crippen LogP contribution in [0.1, 0.15) is 13.3 Å². The predicted molar refractivity (Wildman–Crippen MR) is 51.1 cm³/mol. The van der Waals surface area contributed by atoms with Crippen molar-refractivity contribution in [1.29, 1.82) is 0 Å². The third-order valence-corrected chi connectivity index (χ3v) is 6.12. The lowest BCUT2D eigenvalue weighted by Crippen LogP contribution is -2.58. The average Bonchev–Trinajstić information content (AvgIpc) is 2.32. The van der Waals surface area contributed by atoms with Gasteiger partial charge in [-0.05, 0) is 6.92 Å². The van der Waals surface area contributed by atoms with E-state index in [2.05, 4.69) is 0 Å². The van der Waals surface area contributed by atoms with E-state index in [0.717, 1.165) is 11.8 Å².